The van der Waals surface area contributed by atoms with E-state index >= 15 is 0 Å². The smallest absolute Gasteiger partial charge is 0.246 e. The summed E-state index contributed by atoms with van der Waals surface area (Å²) in [6, 6.07) is 15.5. The summed E-state index contributed by atoms with van der Waals surface area (Å²) < 4.78 is 31.0. The van der Waals surface area contributed by atoms with Crippen LogP contribution < -0.4 is 9.62 Å². The maximum absolute atomic E-state index is 12.7. The van der Waals surface area contributed by atoms with Crippen LogP contribution in [-0.2, 0) is 27.8 Å². The molecule has 1 unspecified atom stereocenters. The number of aryl methyl sites for hydroxylation is 1. The highest BCUT2D eigenvalue weighted by Gasteiger charge is 2.29. The van der Waals surface area contributed by atoms with Gasteiger partial charge < -0.3 is 9.84 Å². The molecule has 0 saturated carbocycles. The number of sulfonamides is 1. The molecular weight excluding hydrogens is 404 g/mol. The third-order valence-corrected chi connectivity index (χ3v) is 5.84. The molecule has 30 heavy (non-hydrogen) atoms. The second-order valence-electron chi connectivity index (χ2n) is 6.85. The van der Waals surface area contributed by atoms with Crippen LogP contribution >= 0.6 is 0 Å². The Bertz CT molecular complexity index is 1100. The fourth-order valence-electron chi connectivity index (χ4n) is 3.03. The van der Waals surface area contributed by atoms with E-state index in [9.17, 15) is 13.2 Å². The van der Waals surface area contributed by atoms with E-state index in [-0.39, 0.29) is 12.4 Å². The number of rotatable bonds is 8. The van der Waals surface area contributed by atoms with Gasteiger partial charge in [-0.3, -0.25) is 9.10 Å². The zero-order valence-electron chi connectivity index (χ0n) is 17.1. The highest BCUT2D eigenvalue weighted by Crippen LogP contribution is 2.22. The van der Waals surface area contributed by atoms with Gasteiger partial charge in [0.15, 0.2) is 0 Å². The zero-order chi connectivity index (χ0) is 21.7. The molecule has 1 N–H and O–H groups in total. The van der Waals surface area contributed by atoms with E-state index in [1.54, 1.807) is 12.1 Å². The van der Waals surface area contributed by atoms with Crippen LogP contribution in [0.4, 0.5) is 5.69 Å². The first kappa shape index (κ1) is 21.5. The van der Waals surface area contributed by atoms with Crippen molar-refractivity contribution in [3.8, 4) is 11.4 Å². The molecule has 0 aliphatic heterocycles. The van der Waals surface area contributed by atoms with E-state index in [2.05, 4.69) is 15.5 Å². The Hall–Kier alpha value is -3.20. The van der Waals surface area contributed by atoms with Gasteiger partial charge in [-0.05, 0) is 31.0 Å². The van der Waals surface area contributed by atoms with E-state index in [1.165, 1.54) is 6.92 Å². The summed E-state index contributed by atoms with van der Waals surface area (Å²) in [5.41, 5.74) is 2.31. The summed E-state index contributed by atoms with van der Waals surface area (Å²) in [5.74, 6) is 0.175. The molecule has 1 amide bonds. The molecule has 3 rings (SSSR count). The predicted octanol–water partition coefficient (Wildman–Crippen LogP) is 2.77. The van der Waals surface area contributed by atoms with Crippen LogP contribution in [0.5, 0.6) is 0 Å². The molecule has 1 atom stereocenters. The number of aromatic nitrogens is 2. The lowest BCUT2D eigenvalue weighted by Gasteiger charge is -2.28. The van der Waals surface area contributed by atoms with Crippen molar-refractivity contribution < 1.29 is 17.7 Å². The van der Waals surface area contributed by atoms with E-state index in [4.69, 9.17) is 4.52 Å². The maximum atomic E-state index is 12.7. The molecule has 1 aromatic heterocycles. The van der Waals surface area contributed by atoms with Crippen LogP contribution in [0.2, 0.25) is 0 Å². The van der Waals surface area contributed by atoms with Gasteiger partial charge in [-0.2, -0.15) is 4.98 Å². The Labute approximate surface area is 176 Å². The number of hydrogen-bond donors (Lipinski definition) is 1. The summed E-state index contributed by atoms with van der Waals surface area (Å²) in [5, 5.41) is 6.57. The van der Waals surface area contributed by atoms with Crippen LogP contribution in [0, 0.1) is 0 Å². The summed E-state index contributed by atoms with van der Waals surface area (Å²) in [6.45, 7) is 3.54. The van der Waals surface area contributed by atoms with E-state index in [1.807, 2.05) is 49.4 Å². The SMILES string of the molecule is CCc1ccc(N(C(C)C(=O)NCc2nc(-c3ccccc3)no2)S(C)(=O)=O)cc1. The van der Waals surface area contributed by atoms with E-state index < -0.39 is 22.0 Å². The molecule has 0 radical (unpaired) electrons. The molecule has 0 aliphatic carbocycles. The molecule has 0 fully saturated rings. The Morgan fingerprint density at radius 2 is 1.80 bits per heavy atom. The van der Waals surface area contributed by atoms with Crippen molar-refractivity contribution in [2.24, 2.45) is 0 Å². The van der Waals surface area contributed by atoms with Crippen LogP contribution in [0.3, 0.4) is 0 Å². The molecule has 0 saturated heterocycles. The molecule has 0 bridgehead atoms. The third kappa shape index (κ3) is 5.04. The number of anilines is 1. The van der Waals surface area contributed by atoms with Gasteiger partial charge in [0.1, 0.15) is 6.04 Å². The zero-order valence-corrected chi connectivity index (χ0v) is 17.9. The van der Waals surface area contributed by atoms with Gasteiger partial charge in [-0.15, -0.1) is 0 Å². The predicted molar refractivity (Wildman–Crippen MR) is 114 cm³/mol. The standard InChI is InChI=1S/C21H24N4O4S/c1-4-16-10-12-18(13-11-16)25(30(3,27)28)15(2)21(26)22-14-19-23-20(24-29-19)17-8-6-5-7-9-17/h5-13,15H,4,14H2,1-3H3,(H,22,26). The monoisotopic (exact) mass is 428 g/mol. The molecule has 1 heterocycles. The lowest BCUT2D eigenvalue weighted by atomic mass is 10.1. The minimum absolute atomic E-state index is 0.00458. The first-order chi connectivity index (χ1) is 14.3. The minimum Gasteiger partial charge on any atom is -0.345 e. The molecule has 3 aromatic rings. The summed E-state index contributed by atoms with van der Waals surface area (Å²) in [4.78, 5) is 16.9. The van der Waals surface area contributed by atoms with Crippen LogP contribution in [-0.4, -0.2) is 36.8 Å². The molecule has 8 nitrogen and oxygen atoms in total. The molecular formula is C21H24N4O4S. The molecule has 158 valence electrons. The maximum Gasteiger partial charge on any atom is 0.246 e. The first-order valence-corrected chi connectivity index (χ1v) is 11.4. The number of amides is 1. The quantitative estimate of drug-likeness (QED) is 0.591. The average molecular weight is 429 g/mol. The Morgan fingerprint density at radius 3 is 2.40 bits per heavy atom. The van der Waals surface area contributed by atoms with Gasteiger partial charge in [0, 0.05) is 5.56 Å². The summed E-state index contributed by atoms with van der Waals surface area (Å²) in [6.07, 6.45) is 1.92. The number of hydrogen-bond acceptors (Lipinski definition) is 6. The van der Waals surface area contributed by atoms with Crippen LogP contribution in [0.25, 0.3) is 11.4 Å². The topological polar surface area (TPSA) is 105 Å². The Balaban J connectivity index is 1.70. The highest BCUT2D eigenvalue weighted by molar-refractivity contribution is 7.92. The van der Waals surface area contributed by atoms with Gasteiger partial charge >= 0.3 is 0 Å². The number of benzene rings is 2. The minimum atomic E-state index is -3.68. The van der Waals surface area contributed by atoms with Gasteiger partial charge in [-0.1, -0.05) is 54.5 Å². The van der Waals surface area contributed by atoms with Crippen molar-refractivity contribution in [1.29, 1.82) is 0 Å². The highest BCUT2D eigenvalue weighted by atomic mass is 32.2. The van der Waals surface area contributed by atoms with Crippen molar-refractivity contribution >= 4 is 21.6 Å². The molecule has 2 aromatic carbocycles. The lowest BCUT2D eigenvalue weighted by molar-refractivity contribution is -0.122. The molecule has 9 heteroatoms. The Kier molecular flexibility index (Phi) is 6.51. The largest absolute Gasteiger partial charge is 0.345 e. The van der Waals surface area contributed by atoms with Gasteiger partial charge in [-0.25, -0.2) is 8.42 Å². The number of nitrogens with one attached hydrogen (secondary N) is 1. The number of carbonyl (C=O) groups excluding carboxylic acids is 1. The van der Waals surface area contributed by atoms with Gasteiger partial charge in [0.05, 0.1) is 18.5 Å². The normalized spacial score (nSPS) is 12.4. The van der Waals surface area contributed by atoms with Crippen LogP contribution in [0.1, 0.15) is 25.3 Å². The first-order valence-electron chi connectivity index (χ1n) is 9.53. The van der Waals surface area contributed by atoms with Crippen molar-refractivity contribution in [3.05, 3.63) is 66.1 Å². The number of carbonyl (C=O) groups is 1. The summed E-state index contributed by atoms with van der Waals surface area (Å²) >= 11 is 0. The van der Waals surface area contributed by atoms with Crippen molar-refractivity contribution in [1.82, 2.24) is 15.5 Å². The second kappa shape index (κ2) is 9.08. The molecule has 0 aliphatic rings. The van der Waals surface area contributed by atoms with Crippen molar-refractivity contribution in [2.45, 2.75) is 32.9 Å². The van der Waals surface area contributed by atoms with Crippen LogP contribution in [0.15, 0.2) is 59.1 Å². The van der Waals surface area contributed by atoms with Crippen molar-refractivity contribution in [3.63, 3.8) is 0 Å². The lowest BCUT2D eigenvalue weighted by Crippen LogP contribution is -2.47. The third-order valence-electron chi connectivity index (χ3n) is 4.60. The average Bonchev–Trinajstić information content (AvgIpc) is 3.21. The van der Waals surface area contributed by atoms with Crippen molar-refractivity contribution in [2.75, 3.05) is 10.6 Å². The molecule has 0 spiro atoms. The van der Waals surface area contributed by atoms with Gasteiger partial charge in [0.2, 0.25) is 27.6 Å². The fourth-order valence-corrected chi connectivity index (χ4v) is 4.20. The van der Waals surface area contributed by atoms with Gasteiger partial charge in [0.25, 0.3) is 0 Å². The summed E-state index contributed by atoms with van der Waals surface area (Å²) in [7, 11) is -3.68. The number of nitrogens with zero attached hydrogens (tertiary/aromatic N) is 3. The Morgan fingerprint density at radius 1 is 1.13 bits per heavy atom. The van der Waals surface area contributed by atoms with E-state index in [0.29, 0.717) is 11.5 Å². The van der Waals surface area contributed by atoms with E-state index in [0.717, 1.165) is 28.1 Å². The fraction of sp³-hybridized carbons (Fsp3) is 0.286. The second-order valence-corrected chi connectivity index (χ2v) is 8.71.